The summed E-state index contributed by atoms with van der Waals surface area (Å²) in [5.74, 6) is -0.170. The van der Waals surface area contributed by atoms with Crippen LogP contribution in [0.3, 0.4) is 0 Å². The van der Waals surface area contributed by atoms with Crippen molar-refractivity contribution in [2.75, 3.05) is 12.3 Å². The molecule has 0 aliphatic heterocycles. The Kier molecular flexibility index (Phi) is 5.96. The third-order valence-electron chi connectivity index (χ3n) is 4.68. The molecular formula is C20H22ClN3O3S. The SMILES string of the molecule is Cc1c(S(=O)(=O)CCNC(=O)NCc2ccc(Cl)cc2)c2ccccc2n1C. The molecule has 0 atom stereocenters. The van der Waals surface area contributed by atoms with Crippen LogP contribution in [0.25, 0.3) is 10.9 Å². The van der Waals surface area contributed by atoms with Gasteiger partial charge in [-0.25, -0.2) is 13.2 Å². The summed E-state index contributed by atoms with van der Waals surface area (Å²) in [6.07, 6.45) is 0. The van der Waals surface area contributed by atoms with E-state index in [0.29, 0.717) is 27.5 Å². The highest BCUT2D eigenvalue weighted by molar-refractivity contribution is 7.91. The molecule has 0 bridgehead atoms. The maximum absolute atomic E-state index is 12.9. The molecular weight excluding hydrogens is 398 g/mol. The molecule has 3 rings (SSSR count). The number of amides is 2. The minimum absolute atomic E-state index is 0.0252. The Morgan fingerprint density at radius 3 is 2.46 bits per heavy atom. The van der Waals surface area contributed by atoms with E-state index in [1.165, 1.54) is 0 Å². The van der Waals surface area contributed by atoms with Crippen molar-refractivity contribution in [1.82, 2.24) is 15.2 Å². The predicted molar refractivity (Wildman–Crippen MR) is 111 cm³/mol. The van der Waals surface area contributed by atoms with Gasteiger partial charge in [0, 0.05) is 41.8 Å². The number of fused-ring (bicyclic) bond motifs is 1. The fourth-order valence-corrected chi connectivity index (χ4v) is 4.92. The molecule has 0 saturated carbocycles. The largest absolute Gasteiger partial charge is 0.347 e. The molecule has 0 aliphatic carbocycles. The van der Waals surface area contributed by atoms with Gasteiger partial charge in [0.25, 0.3) is 0 Å². The first-order valence-electron chi connectivity index (χ1n) is 8.82. The number of carbonyl (C=O) groups excluding carboxylic acids is 1. The molecule has 1 aromatic heterocycles. The first-order chi connectivity index (χ1) is 13.3. The van der Waals surface area contributed by atoms with Gasteiger partial charge in [0.15, 0.2) is 9.84 Å². The van der Waals surface area contributed by atoms with Crippen molar-refractivity contribution in [3.8, 4) is 0 Å². The van der Waals surface area contributed by atoms with Crippen LogP contribution >= 0.6 is 11.6 Å². The molecule has 3 aromatic rings. The second kappa shape index (κ2) is 8.24. The molecule has 1 heterocycles. The summed E-state index contributed by atoms with van der Waals surface area (Å²) in [5.41, 5.74) is 2.46. The second-order valence-corrected chi connectivity index (χ2v) is 9.03. The van der Waals surface area contributed by atoms with Gasteiger partial charge >= 0.3 is 6.03 Å². The minimum Gasteiger partial charge on any atom is -0.347 e. The van der Waals surface area contributed by atoms with Gasteiger partial charge in [-0.1, -0.05) is 41.9 Å². The van der Waals surface area contributed by atoms with Crippen molar-refractivity contribution in [3.63, 3.8) is 0 Å². The predicted octanol–water partition coefficient (Wildman–Crippen LogP) is 3.41. The van der Waals surface area contributed by atoms with E-state index in [0.717, 1.165) is 11.1 Å². The summed E-state index contributed by atoms with van der Waals surface area (Å²) in [7, 11) is -1.70. The second-order valence-electron chi connectivity index (χ2n) is 6.55. The van der Waals surface area contributed by atoms with E-state index >= 15 is 0 Å². The van der Waals surface area contributed by atoms with Gasteiger partial charge in [-0.3, -0.25) is 0 Å². The average Bonchev–Trinajstić information content (AvgIpc) is 2.93. The van der Waals surface area contributed by atoms with Crippen molar-refractivity contribution in [1.29, 1.82) is 0 Å². The Bertz CT molecular complexity index is 1110. The maximum atomic E-state index is 12.9. The van der Waals surface area contributed by atoms with Crippen LogP contribution in [0.15, 0.2) is 53.4 Å². The van der Waals surface area contributed by atoms with E-state index in [-0.39, 0.29) is 12.3 Å². The van der Waals surface area contributed by atoms with E-state index < -0.39 is 15.9 Å². The van der Waals surface area contributed by atoms with E-state index in [2.05, 4.69) is 10.6 Å². The number of nitrogens with one attached hydrogen (secondary N) is 2. The number of para-hydroxylation sites is 1. The number of aromatic nitrogens is 1. The molecule has 0 radical (unpaired) electrons. The fraction of sp³-hybridized carbons (Fsp3) is 0.250. The number of carbonyl (C=O) groups is 1. The van der Waals surface area contributed by atoms with Crippen LogP contribution in [0.4, 0.5) is 4.79 Å². The van der Waals surface area contributed by atoms with Crippen molar-refractivity contribution < 1.29 is 13.2 Å². The third kappa shape index (κ3) is 4.31. The average molecular weight is 420 g/mol. The van der Waals surface area contributed by atoms with E-state index in [1.807, 2.05) is 48.0 Å². The number of halogens is 1. The summed E-state index contributed by atoms with van der Waals surface area (Å²) in [4.78, 5) is 12.3. The van der Waals surface area contributed by atoms with Crippen LogP contribution in [-0.4, -0.2) is 31.3 Å². The molecule has 6 nitrogen and oxygen atoms in total. The summed E-state index contributed by atoms with van der Waals surface area (Å²) < 4.78 is 27.6. The van der Waals surface area contributed by atoms with Gasteiger partial charge in [0.05, 0.1) is 10.6 Å². The van der Waals surface area contributed by atoms with Gasteiger partial charge in [0.2, 0.25) is 0 Å². The molecule has 0 fully saturated rings. The smallest absolute Gasteiger partial charge is 0.315 e. The first kappa shape index (κ1) is 20.2. The van der Waals surface area contributed by atoms with Crippen LogP contribution in [-0.2, 0) is 23.4 Å². The number of sulfone groups is 1. The van der Waals surface area contributed by atoms with Gasteiger partial charge in [0.1, 0.15) is 0 Å². The summed E-state index contributed by atoms with van der Waals surface area (Å²) in [6, 6.07) is 14.1. The lowest BCUT2D eigenvalue weighted by Gasteiger charge is -2.09. The summed E-state index contributed by atoms with van der Waals surface area (Å²) in [5, 5.41) is 6.63. The number of urea groups is 1. The van der Waals surface area contributed by atoms with Crippen LogP contribution in [0.2, 0.25) is 5.02 Å². The van der Waals surface area contributed by atoms with Gasteiger partial charge < -0.3 is 15.2 Å². The lowest BCUT2D eigenvalue weighted by atomic mass is 10.2. The number of rotatable bonds is 6. The van der Waals surface area contributed by atoms with Crippen molar-refractivity contribution in [3.05, 3.63) is 64.8 Å². The Balaban J connectivity index is 1.60. The topological polar surface area (TPSA) is 80.2 Å². The Labute approximate surface area is 169 Å². The fourth-order valence-electron chi connectivity index (χ4n) is 3.13. The zero-order valence-corrected chi connectivity index (χ0v) is 17.3. The zero-order valence-electron chi connectivity index (χ0n) is 15.7. The van der Waals surface area contributed by atoms with Gasteiger partial charge in [-0.05, 0) is 30.7 Å². The molecule has 28 heavy (non-hydrogen) atoms. The maximum Gasteiger partial charge on any atom is 0.315 e. The zero-order chi connectivity index (χ0) is 20.3. The highest BCUT2D eigenvalue weighted by atomic mass is 35.5. The number of aryl methyl sites for hydroxylation is 1. The lowest BCUT2D eigenvalue weighted by Crippen LogP contribution is -2.37. The highest BCUT2D eigenvalue weighted by Gasteiger charge is 2.23. The Morgan fingerprint density at radius 1 is 1.07 bits per heavy atom. The van der Waals surface area contributed by atoms with Crippen LogP contribution in [0.5, 0.6) is 0 Å². The standard InChI is InChI=1S/C20H22ClN3O3S/c1-14-19(17-5-3-4-6-18(17)24(14)2)28(26,27)12-11-22-20(25)23-13-15-7-9-16(21)10-8-15/h3-10H,11-13H2,1-2H3,(H2,22,23,25). The number of benzene rings is 2. The van der Waals surface area contributed by atoms with Crippen molar-refractivity contribution >= 4 is 38.4 Å². The quantitative estimate of drug-likeness (QED) is 0.642. The van der Waals surface area contributed by atoms with Gasteiger partial charge in [-0.15, -0.1) is 0 Å². The van der Waals surface area contributed by atoms with Crippen LogP contribution < -0.4 is 10.6 Å². The third-order valence-corrected chi connectivity index (χ3v) is 6.81. The molecule has 148 valence electrons. The molecule has 2 N–H and O–H groups in total. The summed E-state index contributed by atoms with van der Waals surface area (Å²) in [6.45, 7) is 2.15. The lowest BCUT2D eigenvalue weighted by molar-refractivity contribution is 0.241. The van der Waals surface area contributed by atoms with Crippen molar-refractivity contribution in [2.24, 2.45) is 7.05 Å². The molecule has 0 unspecified atom stereocenters. The molecule has 0 saturated heterocycles. The number of nitrogens with zero attached hydrogens (tertiary/aromatic N) is 1. The van der Waals surface area contributed by atoms with Crippen LogP contribution in [0, 0.1) is 6.92 Å². The molecule has 0 aliphatic rings. The summed E-state index contributed by atoms with van der Waals surface area (Å²) >= 11 is 5.83. The molecule has 8 heteroatoms. The molecule has 2 aromatic carbocycles. The highest BCUT2D eigenvalue weighted by Crippen LogP contribution is 2.29. The monoisotopic (exact) mass is 419 g/mol. The van der Waals surface area contributed by atoms with Crippen LogP contribution in [0.1, 0.15) is 11.3 Å². The number of hydrogen-bond donors (Lipinski definition) is 2. The minimum atomic E-state index is -3.54. The van der Waals surface area contributed by atoms with E-state index in [1.54, 1.807) is 19.1 Å². The van der Waals surface area contributed by atoms with Crippen molar-refractivity contribution in [2.45, 2.75) is 18.4 Å². The Morgan fingerprint density at radius 2 is 1.75 bits per heavy atom. The number of hydrogen-bond acceptors (Lipinski definition) is 3. The first-order valence-corrected chi connectivity index (χ1v) is 10.9. The molecule has 2 amide bonds. The van der Waals surface area contributed by atoms with E-state index in [9.17, 15) is 13.2 Å². The van der Waals surface area contributed by atoms with E-state index in [4.69, 9.17) is 11.6 Å². The normalized spacial score (nSPS) is 11.5. The van der Waals surface area contributed by atoms with Gasteiger partial charge in [-0.2, -0.15) is 0 Å². The Hall–Kier alpha value is -2.51. The molecule has 0 spiro atoms.